The summed E-state index contributed by atoms with van der Waals surface area (Å²) in [6.45, 7) is 10.9. The number of allylic oxidation sites excluding steroid dienone is 3. The van der Waals surface area contributed by atoms with Crippen LogP contribution in [-0.4, -0.2) is 6.61 Å². The summed E-state index contributed by atoms with van der Waals surface area (Å²) in [7, 11) is 0. The maximum atomic E-state index is 5.21. The number of hydrogen-bond acceptors (Lipinski definition) is 1. The normalized spacial score (nSPS) is 10.9. The Labute approximate surface area is 77.1 Å². The van der Waals surface area contributed by atoms with Crippen LogP contribution in [0.2, 0.25) is 0 Å². The summed E-state index contributed by atoms with van der Waals surface area (Å²) in [4.78, 5) is 0. The van der Waals surface area contributed by atoms with Crippen molar-refractivity contribution in [2.24, 2.45) is 0 Å². The SMILES string of the molecule is C/C=C\C(=C/C)OCC.CCC. The predicted octanol–water partition coefficient (Wildman–Crippen LogP) is 3.92. The maximum Gasteiger partial charge on any atom is 0.114 e. The van der Waals surface area contributed by atoms with Crippen molar-refractivity contribution in [3.63, 3.8) is 0 Å². The zero-order valence-electron chi connectivity index (χ0n) is 9.05. The van der Waals surface area contributed by atoms with Crippen molar-refractivity contribution in [1.29, 1.82) is 0 Å². The average molecular weight is 170 g/mol. The van der Waals surface area contributed by atoms with Crippen LogP contribution in [0, 0.1) is 0 Å². The Bertz CT molecular complexity index is 123. The van der Waals surface area contributed by atoms with Gasteiger partial charge >= 0.3 is 0 Å². The van der Waals surface area contributed by atoms with Crippen molar-refractivity contribution in [2.45, 2.75) is 41.0 Å². The highest BCUT2D eigenvalue weighted by Gasteiger charge is 1.83. The van der Waals surface area contributed by atoms with E-state index in [-0.39, 0.29) is 0 Å². The minimum absolute atomic E-state index is 0.740. The Morgan fingerprint density at radius 1 is 1.17 bits per heavy atom. The molecule has 0 aromatic rings. The molecule has 0 radical (unpaired) electrons. The largest absolute Gasteiger partial charge is 0.494 e. The number of hydrogen-bond donors (Lipinski definition) is 0. The monoisotopic (exact) mass is 170 g/mol. The molecule has 0 aliphatic rings. The van der Waals surface area contributed by atoms with Crippen LogP contribution < -0.4 is 0 Å². The van der Waals surface area contributed by atoms with E-state index in [0.29, 0.717) is 0 Å². The third kappa shape index (κ3) is 12.0. The molecule has 0 aromatic heterocycles. The van der Waals surface area contributed by atoms with Gasteiger partial charge in [0.1, 0.15) is 5.76 Å². The Balaban J connectivity index is 0. The van der Waals surface area contributed by atoms with Crippen LogP contribution in [0.3, 0.4) is 0 Å². The van der Waals surface area contributed by atoms with E-state index < -0.39 is 0 Å². The first-order valence-electron chi connectivity index (χ1n) is 4.68. The van der Waals surface area contributed by atoms with Crippen LogP contribution in [-0.2, 0) is 4.74 Å². The summed E-state index contributed by atoms with van der Waals surface area (Å²) in [6.07, 6.45) is 7.11. The molecule has 0 aliphatic heterocycles. The number of rotatable bonds is 3. The Morgan fingerprint density at radius 3 is 1.92 bits per heavy atom. The van der Waals surface area contributed by atoms with Gasteiger partial charge in [-0.3, -0.25) is 0 Å². The molecule has 1 nitrogen and oxygen atoms in total. The lowest BCUT2D eigenvalue weighted by molar-refractivity contribution is 0.242. The smallest absolute Gasteiger partial charge is 0.114 e. The third-order valence-corrected chi connectivity index (χ3v) is 0.926. The lowest BCUT2D eigenvalue weighted by Gasteiger charge is -2.00. The van der Waals surface area contributed by atoms with E-state index in [4.69, 9.17) is 4.74 Å². The molecule has 0 bridgehead atoms. The molecule has 0 fully saturated rings. The van der Waals surface area contributed by atoms with Crippen molar-refractivity contribution < 1.29 is 4.74 Å². The molecule has 0 amide bonds. The van der Waals surface area contributed by atoms with Crippen molar-refractivity contribution in [2.75, 3.05) is 6.61 Å². The van der Waals surface area contributed by atoms with Crippen LogP contribution in [0.25, 0.3) is 0 Å². The molecular weight excluding hydrogens is 148 g/mol. The fourth-order valence-electron chi connectivity index (χ4n) is 0.559. The molecule has 0 aromatic carbocycles. The van der Waals surface area contributed by atoms with Gasteiger partial charge < -0.3 is 4.74 Å². The molecule has 0 heterocycles. The standard InChI is InChI=1S/C8H14O.C3H8/c1-4-7-8(5-2)9-6-3;1-3-2/h4-5,7H,6H2,1-3H3;3H2,1-2H3/b7-4-,8-5+;. The molecule has 0 spiro atoms. The summed E-state index contributed by atoms with van der Waals surface area (Å²) in [5, 5.41) is 0. The van der Waals surface area contributed by atoms with Crippen LogP contribution in [0.15, 0.2) is 24.0 Å². The quantitative estimate of drug-likeness (QED) is 0.461. The molecule has 12 heavy (non-hydrogen) atoms. The second-order valence-corrected chi connectivity index (χ2v) is 2.33. The summed E-state index contributed by atoms with van der Waals surface area (Å²) < 4.78 is 5.21. The van der Waals surface area contributed by atoms with E-state index in [1.807, 2.05) is 39.0 Å². The van der Waals surface area contributed by atoms with Gasteiger partial charge in [0, 0.05) is 0 Å². The first-order chi connectivity index (χ1) is 5.76. The summed E-state index contributed by atoms with van der Waals surface area (Å²) in [5.74, 6) is 0.944. The van der Waals surface area contributed by atoms with E-state index in [0.717, 1.165) is 12.4 Å². The van der Waals surface area contributed by atoms with Crippen molar-refractivity contribution in [3.8, 4) is 0 Å². The fraction of sp³-hybridized carbons (Fsp3) is 0.636. The molecule has 0 aliphatic carbocycles. The van der Waals surface area contributed by atoms with Gasteiger partial charge in [0.2, 0.25) is 0 Å². The Morgan fingerprint density at radius 2 is 1.67 bits per heavy atom. The van der Waals surface area contributed by atoms with E-state index >= 15 is 0 Å². The third-order valence-electron chi connectivity index (χ3n) is 0.926. The maximum absolute atomic E-state index is 5.21. The van der Waals surface area contributed by atoms with Crippen molar-refractivity contribution in [3.05, 3.63) is 24.0 Å². The first kappa shape index (κ1) is 13.8. The van der Waals surface area contributed by atoms with Gasteiger partial charge in [-0.15, -0.1) is 0 Å². The first-order valence-corrected chi connectivity index (χ1v) is 4.68. The summed E-state index contributed by atoms with van der Waals surface area (Å²) in [5.41, 5.74) is 0. The lowest BCUT2D eigenvalue weighted by Crippen LogP contribution is -1.86. The van der Waals surface area contributed by atoms with Gasteiger partial charge in [-0.2, -0.15) is 0 Å². The highest BCUT2D eigenvalue weighted by atomic mass is 16.5. The zero-order chi connectivity index (χ0) is 9.82. The van der Waals surface area contributed by atoms with Gasteiger partial charge in [-0.05, 0) is 32.9 Å². The van der Waals surface area contributed by atoms with Crippen molar-refractivity contribution in [1.82, 2.24) is 0 Å². The van der Waals surface area contributed by atoms with Crippen LogP contribution in [0.1, 0.15) is 41.0 Å². The molecule has 0 atom stereocenters. The topological polar surface area (TPSA) is 9.23 Å². The molecule has 0 N–H and O–H groups in total. The zero-order valence-corrected chi connectivity index (χ0v) is 9.05. The van der Waals surface area contributed by atoms with Gasteiger partial charge in [-0.1, -0.05) is 26.3 Å². The predicted molar refractivity (Wildman–Crippen MR) is 56.2 cm³/mol. The van der Waals surface area contributed by atoms with Crippen LogP contribution in [0.5, 0.6) is 0 Å². The van der Waals surface area contributed by atoms with E-state index in [1.54, 1.807) is 0 Å². The van der Waals surface area contributed by atoms with Gasteiger partial charge in [-0.25, -0.2) is 0 Å². The minimum Gasteiger partial charge on any atom is -0.494 e. The van der Waals surface area contributed by atoms with Gasteiger partial charge in [0.15, 0.2) is 0 Å². The summed E-state index contributed by atoms with van der Waals surface area (Å²) >= 11 is 0. The van der Waals surface area contributed by atoms with E-state index in [2.05, 4.69) is 13.8 Å². The molecule has 0 unspecified atom stereocenters. The molecule has 72 valence electrons. The van der Waals surface area contributed by atoms with E-state index in [1.165, 1.54) is 6.42 Å². The van der Waals surface area contributed by atoms with Gasteiger partial charge in [0.25, 0.3) is 0 Å². The Hall–Kier alpha value is -0.720. The molecular formula is C11H22O. The Kier molecular flexibility index (Phi) is 14.9. The number of ether oxygens (including phenoxy) is 1. The van der Waals surface area contributed by atoms with E-state index in [9.17, 15) is 0 Å². The van der Waals surface area contributed by atoms with Crippen molar-refractivity contribution >= 4 is 0 Å². The lowest BCUT2D eigenvalue weighted by atomic mass is 10.4. The summed E-state index contributed by atoms with van der Waals surface area (Å²) in [6, 6.07) is 0. The fourth-order valence-corrected chi connectivity index (χ4v) is 0.559. The second kappa shape index (κ2) is 12.9. The second-order valence-electron chi connectivity index (χ2n) is 2.33. The average Bonchev–Trinajstić information content (AvgIpc) is 2.05. The molecule has 0 saturated carbocycles. The van der Waals surface area contributed by atoms with Crippen LogP contribution in [0.4, 0.5) is 0 Å². The highest BCUT2D eigenvalue weighted by molar-refractivity contribution is 5.09. The minimum atomic E-state index is 0.740. The molecule has 0 rings (SSSR count). The molecule has 1 heteroatoms. The highest BCUT2D eigenvalue weighted by Crippen LogP contribution is 1.97. The van der Waals surface area contributed by atoms with Gasteiger partial charge in [0.05, 0.1) is 6.61 Å². The molecule has 0 saturated heterocycles. The van der Waals surface area contributed by atoms with Crippen LogP contribution >= 0.6 is 0 Å².